The monoisotopic (exact) mass is 404 g/mol. The van der Waals surface area contributed by atoms with E-state index in [1.165, 1.54) is 57.9 Å². The smallest absolute Gasteiger partial charge is 0.267 e. The van der Waals surface area contributed by atoms with E-state index in [1.54, 1.807) is 0 Å². The highest BCUT2D eigenvalue weighted by Gasteiger charge is 2.06. The van der Waals surface area contributed by atoms with Gasteiger partial charge in [0.25, 0.3) is 7.82 Å². The molecule has 0 saturated heterocycles. The van der Waals surface area contributed by atoms with Crippen LogP contribution in [0.3, 0.4) is 0 Å². The maximum absolute atomic E-state index is 10.7. The van der Waals surface area contributed by atoms with E-state index < -0.39 is 7.82 Å². The molecule has 160 valence electrons. The van der Waals surface area contributed by atoms with Crippen LogP contribution in [0.4, 0.5) is 0 Å². The molecular weight excluding hydrogens is 363 g/mol. The molecule has 1 aromatic heterocycles. The number of rotatable bonds is 15. The molecule has 0 aliphatic rings. The molecule has 27 heavy (non-hydrogen) atoms. The van der Waals surface area contributed by atoms with Gasteiger partial charge in [-0.15, -0.1) is 0 Å². The molecule has 1 heterocycles. The molecular formula is C20H41N2O4P. The molecule has 0 fully saturated rings. The maximum Gasteiger partial charge on any atom is 0.267 e. The molecule has 0 aliphatic heterocycles. The number of hydrogen-bond acceptors (Lipinski definition) is 4. The SMILES string of the molecule is CCCCCCCCCC[n+]1ccn(C)c1.CCCOP(=O)([O-])OCCC. The Morgan fingerprint density at radius 3 is 1.85 bits per heavy atom. The minimum absolute atomic E-state index is 0.199. The molecule has 0 aliphatic carbocycles. The maximum atomic E-state index is 10.7. The minimum atomic E-state index is -3.98. The molecule has 0 atom stereocenters. The molecule has 0 unspecified atom stereocenters. The fraction of sp³-hybridized carbons (Fsp3) is 0.850. The molecule has 0 aromatic carbocycles. The first-order chi connectivity index (χ1) is 12.9. The summed E-state index contributed by atoms with van der Waals surface area (Å²) in [7, 11) is -1.90. The normalized spacial score (nSPS) is 11.3. The lowest BCUT2D eigenvalue weighted by Crippen LogP contribution is -2.30. The Morgan fingerprint density at radius 2 is 1.41 bits per heavy atom. The van der Waals surface area contributed by atoms with Crippen molar-refractivity contribution in [2.24, 2.45) is 7.05 Å². The lowest BCUT2D eigenvalue weighted by atomic mass is 10.1. The number of phosphoric acid groups is 1. The average Bonchev–Trinajstić information content (AvgIpc) is 3.06. The Kier molecular flexibility index (Phi) is 17.0. The van der Waals surface area contributed by atoms with Gasteiger partial charge in [-0.25, -0.2) is 9.13 Å². The first kappa shape index (κ1) is 26.3. The standard InChI is InChI=1S/C14H27N2.C6H15O4P/c1-3-4-5-6-7-8-9-10-11-16-13-12-15(2)14-16;1-3-5-9-11(7,8)10-6-4-2/h12-14H,3-11H2,1-2H3;3-6H2,1-2H3,(H,7,8)/q+1;/p-1. The topological polar surface area (TPSA) is 67.4 Å². The Bertz CT molecular complexity index is 482. The van der Waals surface area contributed by atoms with Crippen LogP contribution in [0.15, 0.2) is 18.7 Å². The molecule has 0 spiro atoms. The number of unbranched alkanes of at least 4 members (excludes halogenated alkanes) is 7. The number of hydrogen-bond donors (Lipinski definition) is 0. The lowest BCUT2D eigenvalue weighted by molar-refractivity contribution is -0.696. The Morgan fingerprint density at radius 1 is 0.889 bits per heavy atom. The van der Waals surface area contributed by atoms with Crippen molar-refractivity contribution in [2.45, 2.75) is 91.5 Å². The predicted molar refractivity (Wildman–Crippen MR) is 108 cm³/mol. The first-order valence-electron chi connectivity index (χ1n) is 10.6. The van der Waals surface area contributed by atoms with Crippen LogP contribution in [0.25, 0.3) is 0 Å². The summed E-state index contributed by atoms with van der Waals surface area (Å²) in [5.41, 5.74) is 0. The molecule has 0 bridgehead atoms. The van der Waals surface area contributed by atoms with Crippen molar-refractivity contribution in [3.05, 3.63) is 18.7 Å². The molecule has 0 amide bonds. The lowest BCUT2D eigenvalue weighted by Gasteiger charge is -2.21. The molecule has 7 heteroatoms. The van der Waals surface area contributed by atoms with Crippen LogP contribution in [0, 0.1) is 0 Å². The third kappa shape index (κ3) is 17.2. The fourth-order valence-corrected chi connectivity index (χ4v) is 3.39. The second-order valence-corrected chi connectivity index (χ2v) is 8.32. The zero-order valence-corrected chi connectivity index (χ0v) is 18.8. The second kappa shape index (κ2) is 17.4. The summed E-state index contributed by atoms with van der Waals surface area (Å²) in [4.78, 5) is 10.7. The molecule has 0 radical (unpaired) electrons. The van der Waals surface area contributed by atoms with Gasteiger partial charge in [0.1, 0.15) is 12.4 Å². The van der Waals surface area contributed by atoms with E-state index in [-0.39, 0.29) is 13.2 Å². The van der Waals surface area contributed by atoms with Gasteiger partial charge in [-0.05, 0) is 25.7 Å². The third-order valence-electron chi connectivity index (χ3n) is 4.00. The van der Waals surface area contributed by atoms with E-state index in [0.717, 1.165) is 0 Å². The van der Waals surface area contributed by atoms with E-state index in [9.17, 15) is 9.46 Å². The largest absolute Gasteiger partial charge is 0.756 e. The van der Waals surface area contributed by atoms with E-state index in [0.29, 0.717) is 12.8 Å². The molecule has 0 saturated carbocycles. The first-order valence-corrected chi connectivity index (χ1v) is 12.0. The van der Waals surface area contributed by atoms with Crippen molar-refractivity contribution in [2.75, 3.05) is 13.2 Å². The highest BCUT2D eigenvalue weighted by atomic mass is 31.2. The van der Waals surface area contributed by atoms with Crippen molar-refractivity contribution in [1.82, 2.24) is 4.57 Å². The number of phosphoric ester groups is 1. The van der Waals surface area contributed by atoms with Gasteiger partial charge in [-0.3, -0.25) is 4.57 Å². The summed E-state index contributed by atoms with van der Waals surface area (Å²) in [6.07, 6.45) is 18.9. The van der Waals surface area contributed by atoms with Crippen LogP contribution in [-0.4, -0.2) is 17.8 Å². The summed E-state index contributed by atoms with van der Waals surface area (Å²) in [6, 6.07) is 0. The van der Waals surface area contributed by atoms with Gasteiger partial charge >= 0.3 is 0 Å². The highest BCUT2D eigenvalue weighted by Crippen LogP contribution is 2.38. The van der Waals surface area contributed by atoms with Gasteiger partial charge in [0, 0.05) is 0 Å². The summed E-state index contributed by atoms with van der Waals surface area (Å²) in [5.74, 6) is 0. The van der Waals surface area contributed by atoms with Gasteiger partial charge < -0.3 is 13.9 Å². The predicted octanol–water partition coefficient (Wildman–Crippen LogP) is 4.76. The minimum Gasteiger partial charge on any atom is -0.756 e. The summed E-state index contributed by atoms with van der Waals surface area (Å²) in [5, 5.41) is 0. The molecule has 6 nitrogen and oxygen atoms in total. The van der Waals surface area contributed by atoms with E-state index in [2.05, 4.69) is 50.9 Å². The van der Waals surface area contributed by atoms with Crippen LogP contribution in [0.1, 0.15) is 85.0 Å². The Labute approximate surface area is 166 Å². The van der Waals surface area contributed by atoms with E-state index >= 15 is 0 Å². The number of imidazole rings is 1. The summed E-state index contributed by atoms with van der Waals surface area (Å²) >= 11 is 0. The summed E-state index contributed by atoms with van der Waals surface area (Å²) < 4.78 is 24.0. The number of nitrogens with zero attached hydrogens (tertiary/aromatic N) is 2. The van der Waals surface area contributed by atoms with Crippen molar-refractivity contribution in [1.29, 1.82) is 0 Å². The van der Waals surface area contributed by atoms with Gasteiger partial charge in [0.2, 0.25) is 6.33 Å². The van der Waals surface area contributed by atoms with Gasteiger partial charge in [-0.1, -0.05) is 59.3 Å². The number of aryl methyl sites for hydroxylation is 2. The zero-order chi connectivity index (χ0) is 20.4. The van der Waals surface area contributed by atoms with Crippen molar-refractivity contribution in [3.63, 3.8) is 0 Å². The fourth-order valence-electron chi connectivity index (χ4n) is 2.51. The van der Waals surface area contributed by atoms with E-state index in [4.69, 9.17) is 0 Å². The average molecular weight is 405 g/mol. The van der Waals surface area contributed by atoms with E-state index in [1.807, 2.05) is 13.8 Å². The third-order valence-corrected chi connectivity index (χ3v) is 5.00. The van der Waals surface area contributed by atoms with Crippen LogP contribution in [0.2, 0.25) is 0 Å². The Hall–Kier alpha value is -0.680. The van der Waals surface area contributed by atoms with Gasteiger partial charge in [0.05, 0.1) is 26.8 Å². The van der Waals surface area contributed by atoms with Gasteiger partial charge in [-0.2, -0.15) is 0 Å². The Balaban J connectivity index is 0.000000541. The van der Waals surface area contributed by atoms with Crippen molar-refractivity contribution in [3.8, 4) is 0 Å². The highest BCUT2D eigenvalue weighted by molar-refractivity contribution is 7.45. The zero-order valence-electron chi connectivity index (χ0n) is 17.9. The van der Waals surface area contributed by atoms with Crippen LogP contribution in [0.5, 0.6) is 0 Å². The summed E-state index contributed by atoms with van der Waals surface area (Å²) in [6.45, 7) is 7.52. The van der Waals surface area contributed by atoms with Crippen LogP contribution >= 0.6 is 7.82 Å². The van der Waals surface area contributed by atoms with Gasteiger partial charge in [0.15, 0.2) is 0 Å². The van der Waals surface area contributed by atoms with Crippen molar-refractivity contribution >= 4 is 7.82 Å². The van der Waals surface area contributed by atoms with Crippen LogP contribution < -0.4 is 9.46 Å². The molecule has 1 aromatic rings. The van der Waals surface area contributed by atoms with Crippen LogP contribution in [-0.2, 0) is 27.2 Å². The molecule has 1 rings (SSSR count). The van der Waals surface area contributed by atoms with Crippen molar-refractivity contribution < 1.29 is 23.1 Å². The number of aromatic nitrogens is 2. The second-order valence-electron chi connectivity index (χ2n) is 6.91. The molecule has 0 N–H and O–H groups in total. The quantitative estimate of drug-likeness (QED) is 0.240.